The SMILES string of the molecule is CCSCCC(CN)N(C)Cc1ccccc1C. The van der Waals surface area contributed by atoms with E-state index in [9.17, 15) is 0 Å². The molecule has 0 saturated heterocycles. The predicted molar refractivity (Wildman–Crippen MR) is 83.1 cm³/mol. The quantitative estimate of drug-likeness (QED) is 0.734. The van der Waals surface area contributed by atoms with Gasteiger partial charge in [0.05, 0.1) is 0 Å². The van der Waals surface area contributed by atoms with Crippen LogP contribution in [0.2, 0.25) is 0 Å². The minimum absolute atomic E-state index is 0.489. The molecule has 1 atom stereocenters. The van der Waals surface area contributed by atoms with Gasteiger partial charge in [-0.15, -0.1) is 0 Å². The standard InChI is InChI=1S/C15H26N2S/c1-4-18-10-9-15(11-16)17(3)12-14-8-6-5-7-13(14)2/h5-8,15H,4,9-12,16H2,1-3H3. The molecule has 0 aliphatic carbocycles. The summed E-state index contributed by atoms with van der Waals surface area (Å²) in [5.41, 5.74) is 8.66. The summed E-state index contributed by atoms with van der Waals surface area (Å²) in [4.78, 5) is 2.39. The number of hydrogen-bond donors (Lipinski definition) is 1. The van der Waals surface area contributed by atoms with E-state index in [2.05, 4.69) is 50.1 Å². The van der Waals surface area contributed by atoms with Crippen LogP contribution in [0.1, 0.15) is 24.5 Å². The Morgan fingerprint density at radius 2 is 2.06 bits per heavy atom. The molecule has 2 nitrogen and oxygen atoms in total. The lowest BCUT2D eigenvalue weighted by Gasteiger charge is -2.27. The van der Waals surface area contributed by atoms with Gasteiger partial charge in [-0.3, -0.25) is 4.90 Å². The molecule has 0 saturated carbocycles. The van der Waals surface area contributed by atoms with Crippen LogP contribution in [-0.2, 0) is 6.54 Å². The molecule has 2 N–H and O–H groups in total. The highest BCUT2D eigenvalue weighted by molar-refractivity contribution is 7.99. The Kier molecular flexibility index (Phi) is 7.40. The fraction of sp³-hybridized carbons (Fsp3) is 0.600. The summed E-state index contributed by atoms with van der Waals surface area (Å²) in [6.45, 7) is 6.12. The van der Waals surface area contributed by atoms with Crippen LogP contribution in [0.15, 0.2) is 24.3 Å². The highest BCUT2D eigenvalue weighted by Gasteiger charge is 2.13. The van der Waals surface area contributed by atoms with E-state index in [4.69, 9.17) is 5.73 Å². The van der Waals surface area contributed by atoms with E-state index >= 15 is 0 Å². The molecule has 1 aromatic carbocycles. The first-order valence-corrected chi connectivity index (χ1v) is 7.87. The van der Waals surface area contributed by atoms with Crippen molar-refractivity contribution in [3.05, 3.63) is 35.4 Å². The summed E-state index contributed by atoms with van der Waals surface area (Å²) in [6, 6.07) is 9.08. The average molecular weight is 266 g/mol. The van der Waals surface area contributed by atoms with Crippen LogP contribution in [0.5, 0.6) is 0 Å². The van der Waals surface area contributed by atoms with Crippen molar-refractivity contribution in [3.8, 4) is 0 Å². The third-order valence-electron chi connectivity index (χ3n) is 3.38. The van der Waals surface area contributed by atoms with Gasteiger partial charge in [0.25, 0.3) is 0 Å². The molecule has 0 aliphatic heterocycles. The number of thioether (sulfide) groups is 1. The molecule has 0 spiro atoms. The molecule has 0 bridgehead atoms. The van der Waals surface area contributed by atoms with Crippen molar-refractivity contribution in [2.24, 2.45) is 5.73 Å². The van der Waals surface area contributed by atoms with Crippen molar-refractivity contribution < 1.29 is 0 Å². The molecule has 18 heavy (non-hydrogen) atoms. The van der Waals surface area contributed by atoms with Crippen molar-refractivity contribution in [1.29, 1.82) is 0 Å². The minimum atomic E-state index is 0.489. The molecule has 1 unspecified atom stereocenters. The van der Waals surface area contributed by atoms with E-state index in [1.54, 1.807) is 0 Å². The molecule has 0 amide bonds. The number of likely N-dealkylation sites (N-methyl/N-ethyl adjacent to an activating group) is 1. The number of nitrogens with two attached hydrogens (primary N) is 1. The number of aryl methyl sites for hydroxylation is 1. The Balaban J connectivity index is 2.51. The van der Waals surface area contributed by atoms with E-state index < -0.39 is 0 Å². The highest BCUT2D eigenvalue weighted by Crippen LogP contribution is 2.14. The number of hydrogen-bond acceptors (Lipinski definition) is 3. The summed E-state index contributed by atoms with van der Waals surface area (Å²) in [7, 11) is 2.18. The van der Waals surface area contributed by atoms with Crippen LogP contribution in [-0.4, -0.2) is 36.0 Å². The molecule has 0 fully saturated rings. The van der Waals surface area contributed by atoms with Gasteiger partial charge in [-0.2, -0.15) is 11.8 Å². The van der Waals surface area contributed by atoms with Gasteiger partial charge in [0, 0.05) is 19.1 Å². The molecule has 0 heterocycles. The molecule has 1 aromatic rings. The second-order valence-electron chi connectivity index (χ2n) is 4.72. The molecule has 0 aliphatic rings. The van der Waals surface area contributed by atoms with Gasteiger partial charge in [-0.25, -0.2) is 0 Å². The smallest absolute Gasteiger partial charge is 0.0236 e. The Labute approximate surface area is 116 Å². The van der Waals surface area contributed by atoms with Gasteiger partial charge in [0.2, 0.25) is 0 Å². The van der Waals surface area contributed by atoms with E-state index in [1.165, 1.54) is 29.1 Å². The molecule has 0 radical (unpaired) electrons. The van der Waals surface area contributed by atoms with E-state index in [-0.39, 0.29) is 0 Å². The van der Waals surface area contributed by atoms with Crippen molar-refractivity contribution in [1.82, 2.24) is 4.90 Å². The van der Waals surface area contributed by atoms with Crippen molar-refractivity contribution >= 4 is 11.8 Å². The van der Waals surface area contributed by atoms with Gasteiger partial charge >= 0.3 is 0 Å². The Morgan fingerprint density at radius 3 is 2.67 bits per heavy atom. The van der Waals surface area contributed by atoms with Crippen molar-refractivity contribution in [3.63, 3.8) is 0 Å². The molecular weight excluding hydrogens is 240 g/mol. The number of benzene rings is 1. The van der Waals surface area contributed by atoms with Crippen molar-refractivity contribution in [2.75, 3.05) is 25.1 Å². The molecular formula is C15H26N2S. The molecule has 1 rings (SSSR count). The van der Waals surface area contributed by atoms with Crippen LogP contribution < -0.4 is 5.73 Å². The maximum Gasteiger partial charge on any atom is 0.0236 e. The second kappa shape index (κ2) is 8.57. The van der Waals surface area contributed by atoms with E-state index in [0.29, 0.717) is 6.04 Å². The van der Waals surface area contributed by atoms with Crippen LogP contribution in [0.4, 0.5) is 0 Å². The second-order valence-corrected chi connectivity index (χ2v) is 6.11. The predicted octanol–water partition coefficient (Wildman–Crippen LogP) is 2.90. The summed E-state index contributed by atoms with van der Waals surface area (Å²) in [5, 5.41) is 0. The minimum Gasteiger partial charge on any atom is -0.329 e. The van der Waals surface area contributed by atoms with Crippen LogP contribution >= 0.6 is 11.8 Å². The Morgan fingerprint density at radius 1 is 1.33 bits per heavy atom. The number of rotatable bonds is 8. The lowest BCUT2D eigenvalue weighted by molar-refractivity contribution is 0.233. The summed E-state index contributed by atoms with van der Waals surface area (Å²) in [5.74, 6) is 2.40. The third kappa shape index (κ3) is 5.01. The molecule has 102 valence electrons. The Hall–Kier alpha value is -0.510. The van der Waals surface area contributed by atoms with Crippen LogP contribution in [0.3, 0.4) is 0 Å². The van der Waals surface area contributed by atoms with Gasteiger partial charge in [-0.1, -0.05) is 31.2 Å². The summed E-state index contributed by atoms with van der Waals surface area (Å²) in [6.07, 6.45) is 1.18. The van der Waals surface area contributed by atoms with Gasteiger partial charge in [0.15, 0.2) is 0 Å². The average Bonchev–Trinajstić information content (AvgIpc) is 2.37. The first-order chi connectivity index (χ1) is 8.69. The lowest BCUT2D eigenvalue weighted by atomic mass is 10.1. The van der Waals surface area contributed by atoms with Crippen LogP contribution in [0, 0.1) is 6.92 Å². The fourth-order valence-electron chi connectivity index (χ4n) is 2.07. The molecule has 0 aromatic heterocycles. The maximum absolute atomic E-state index is 5.90. The largest absolute Gasteiger partial charge is 0.329 e. The number of nitrogens with zero attached hydrogens (tertiary/aromatic N) is 1. The van der Waals surface area contributed by atoms with E-state index in [1.807, 2.05) is 11.8 Å². The fourth-order valence-corrected chi connectivity index (χ4v) is 2.79. The van der Waals surface area contributed by atoms with Gasteiger partial charge < -0.3 is 5.73 Å². The topological polar surface area (TPSA) is 29.3 Å². The lowest BCUT2D eigenvalue weighted by Crippen LogP contribution is -2.38. The zero-order valence-corrected chi connectivity index (χ0v) is 12.7. The van der Waals surface area contributed by atoms with Crippen molar-refractivity contribution in [2.45, 2.75) is 32.9 Å². The first-order valence-electron chi connectivity index (χ1n) is 6.71. The first kappa shape index (κ1) is 15.5. The summed E-state index contributed by atoms with van der Waals surface area (Å²) < 4.78 is 0. The monoisotopic (exact) mass is 266 g/mol. The van der Waals surface area contributed by atoms with Gasteiger partial charge in [-0.05, 0) is 43.0 Å². The van der Waals surface area contributed by atoms with Crippen LogP contribution in [0.25, 0.3) is 0 Å². The van der Waals surface area contributed by atoms with E-state index in [0.717, 1.165) is 13.1 Å². The third-order valence-corrected chi connectivity index (χ3v) is 4.31. The maximum atomic E-state index is 5.90. The zero-order valence-electron chi connectivity index (χ0n) is 11.9. The Bertz CT molecular complexity index is 341. The highest BCUT2D eigenvalue weighted by atomic mass is 32.2. The van der Waals surface area contributed by atoms with Gasteiger partial charge in [0.1, 0.15) is 0 Å². The molecule has 3 heteroatoms. The summed E-state index contributed by atoms with van der Waals surface area (Å²) >= 11 is 2.00. The normalized spacial score (nSPS) is 12.9. The zero-order chi connectivity index (χ0) is 13.4.